The van der Waals surface area contributed by atoms with E-state index in [1.54, 1.807) is 11.3 Å². The van der Waals surface area contributed by atoms with E-state index in [2.05, 4.69) is 5.32 Å². The summed E-state index contributed by atoms with van der Waals surface area (Å²) in [5.74, 6) is -0.667. The highest BCUT2D eigenvalue weighted by Crippen LogP contribution is 2.29. The highest BCUT2D eigenvalue weighted by molar-refractivity contribution is 7.14. The zero-order valence-corrected chi connectivity index (χ0v) is 14.4. The molecule has 0 aliphatic heterocycles. The van der Waals surface area contributed by atoms with Crippen LogP contribution in [-0.4, -0.2) is 18.5 Å². The second-order valence-electron chi connectivity index (χ2n) is 5.55. The third-order valence-corrected chi connectivity index (χ3v) is 5.92. The number of hydrogen-bond donors (Lipinski definition) is 1. The summed E-state index contributed by atoms with van der Waals surface area (Å²) >= 11 is 3.10. The lowest BCUT2D eigenvalue weighted by Crippen LogP contribution is -2.27. The standard InChI is InChI=1S/C17H19NO3S2/c19-16(18-10-13-6-4-8-22-13)11-21-17(20)15-9-12-5-2-1-3-7-14(12)23-15/h4,6,8-9H,1-3,5,7,10-11H2,(H,18,19). The number of nitrogens with one attached hydrogen (secondary N) is 1. The molecule has 0 saturated carbocycles. The number of carbonyl (C=O) groups is 2. The van der Waals surface area contributed by atoms with E-state index in [-0.39, 0.29) is 12.5 Å². The van der Waals surface area contributed by atoms with Crippen molar-refractivity contribution in [2.45, 2.75) is 38.6 Å². The minimum absolute atomic E-state index is 0.229. The average Bonchev–Trinajstić information content (AvgIpc) is 3.16. The summed E-state index contributed by atoms with van der Waals surface area (Å²) in [6, 6.07) is 5.83. The van der Waals surface area contributed by atoms with Crippen LogP contribution in [0.5, 0.6) is 0 Å². The van der Waals surface area contributed by atoms with E-state index < -0.39 is 5.97 Å². The van der Waals surface area contributed by atoms with Crippen LogP contribution >= 0.6 is 22.7 Å². The van der Waals surface area contributed by atoms with Crippen LogP contribution in [0.25, 0.3) is 0 Å². The highest BCUT2D eigenvalue weighted by Gasteiger charge is 2.18. The predicted molar refractivity (Wildman–Crippen MR) is 92.0 cm³/mol. The summed E-state index contributed by atoms with van der Waals surface area (Å²) in [5, 5.41) is 4.71. The molecule has 2 heterocycles. The first-order chi connectivity index (χ1) is 11.2. The van der Waals surface area contributed by atoms with Gasteiger partial charge in [0.2, 0.25) is 0 Å². The summed E-state index contributed by atoms with van der Waals surface area (Å²) < 4.78 is 5.13. The van der Waals surface area contributed by atoms with E-state index in [1.807, 2.05) is 23.6 Å². The fourth-order valence-corrected chi connectivity index (χ4v) is 4.41. The minimum Gasteiger partial charge on any atom is -0.451 e. The molecule has 0 fully saturated rings. The van der Waals surface area contributed by atoms with Crippen molar-refractivity contribution in [3.8, 4) is 0 Å². The topological polar surface area (TPSA) is 55.4 Å². The molecule has 1 aliphatic carbocycles. The van der Waals surface area contributed by atoms with Gasteiger partial charge in [-0.05, 0) is 48.8 Å². The molecule has 23 heavy (non-hydrogen) atoms. The van der Waals surface area contributed by atoms with Gasteiger partial charge in [-0.3, -0.25) is 4.79 Å². The summed E-state index contributed by atoms with van der Waals surface area (Å²) in [5.41, 5.74) is 1.28. The molecule has 1 N–H and O–H groups in total. The third kappa shape index (κ3) is 4.42. The van der Waals surface area contributed by atoms with Gasteiger partial charge in [-0.1, -0.05) is 12.5 Å². The number of ether oxygens (including phenoxy) is 1. The molecule has 3 rings (SSSR count). The molecule has 0 bridgehead atoms. The lowest BCUT2D eigenvalue weighted by Gasteiger charge is -2.04. The van der Waals surface area contributed by atoms with Gasteiger partial charge in [0.1, 0.15) is 4.88 Å². The zero-order chi connectivity index (χ0) is 16.1. The van der Waals surface area contributed by atoms with Gasteiger partial charge >= 0.3 is 5.97 Å². The quantitative estimate of drug-likeness (QED) is 0.663. The molecule has 0 unspecified atom stereocenters. The maximum absolute atomic E-state index is 12.1. The molecule has 0 aromatic carbocycles. The molecule has 2 aromatic heterocycles. The van der Waals surface area contributed by atoms with Gasteiger partial charge in [-0.2, -0.15) is 0 Å². The van der Waals surface area contributed by atoms with Crippen LogP contribution in [0.2, 0.25) is 0 Å². The van der Waals surface area contributed by atoms with Crippen LogP contribution in [0.15, 0.2) is 23.6 Å². The van der Waals surface area contributed by atoms with Crippen molar-refractivity contribution < 1.29 is 14.3 Å². The molecule has 0 spiro atoms. The molecule has 6 heteroatoms. The van der Waals surface area contributed by atoms with Crippen molar-refractivity contribution in [2.24, 2.45) is 0 Å². The fraction of sp³-hybridized carbons (Fsp3) is 0.412. The summed E-state index contributed by atoms with van der Waals surface area (Å²) in [7, 11) is 0. The van der Waals surface area contributed by atoms with Gasteiger partial charge < -0.3 is 10.1 Å². The Kier molecular flexibility index (Phi) is 5.46. The Morgan fingerprint density at radius 2 is 2.09 bits per heavy atom. The van der Waals surface area contributed by atoms with Crippen molar-refractivity contribution in [1.82, 2.24) is 5.32 Å². The van der Waals surface area contributed by atoms with E-state index in [9.17, 15) is 9.59 Å². The number of hydrogen-bond acceptors (Lipinski definition) is 5. The smallest absolute Gasteiger partial charge is 0.348 e. The van der Waals surface area contributed by atoms with Crippen molar-refractivity contribution in [3.05, 3.63) is 43.8 Å². The van der Waals surface area contributed by atoms with Crippen molar-refractivity contribution >= 4 is 34.6 Å². The third-order valence-electron chi connectivity index (χ3n) is 3.82. The van der Waals surface area contributed by atoms with Gasteiger partial charge in [-0.15, -0.1) is 22.7 Å². The number of esters is 1. The molecule has 0 radical (unpaired) electrons. The summed E-state index contributed by atoms with van der Waals surface area (Å²) in [6.07, 6.45) is 5.72. The van der Waals surface area contributed by atoms with Gasteiger partial charge in [0.05, 0.1) is 6.54 Å². The van der Waals surface area contributed by atoms with E-state index >= 15 is 0 Å². The Hall–Kier alpha value is -1.66. The first-order valence-electron chi connectivity index (χ1n) is 7.80. The first kappa shape index (κ1) is 16.2. The molecule has 0 saturated heterocycles. The molecule has 1 amide bonds. The maximum atomic E-state index is 12.1. The average molecular weight is 349 g/mol. The second-order valence-corrected chi connectivity index (χ2v) is 7.72. The summed E-state index contributed by atoms with van der Waals surface area (Å²) in [6.45, 7) is 0.244. The van der Waals surface area contributed by atoms with Crippen LogP contribution in [0.1, 0.15) is 44.3 Å². The summed E-state index contributed by atoms with van der Waals surface area (Å²) in [4.78, 5) is 26.8. The Bertz CT molecular complexity index is 653. The van der Waals surface area contributed by atoms with Crippen LogP contribution in [0, 0.1) is 0 Å². The number of aryl methyl sites for hydroxylation is 2. The number of thiophene rings is 2. The lowest BCUT2D eigenvalue weighted by molar-refractivity contribution is -0.124. The Balaban J connectivity index is 1.48. The zero-order valence-electron chi connectivity index (χ0n) is 12.8. The van der Waals surface area contributed by atoms with Crippen molar-refractivity contribution in [3.63, 3.8) is 0 Å². The largest absolute Gasteiger partial charge is 0.451 e. The van der Waals surface area contributed by atoms with Gasteiger partial charge in [0.15, 0.2) is 6.61 Å². The first-order valence-corrected chi connectivity index (χ1v) is 9.50. The van der Waals surface area contributed by atoms with E-state index in [0.717, 1.165) is 17.7 Å². The van der Waals surface area contributed by atoms with E-state index in [4.69, 9.17) is 4.74 Å². The molecular weight excluding hydrogens is 330 g/mol. The Morgan fingerprint density at radius 1 is 1.22 bits per heavy atom. The Morgan fingerprint density at radius 3 is 2.91 bits per heavy atom. The van der Waals surface area contributed by atoms with Crippen LogP contribution < -0.4 is 5.32 Å². The molecule has 1 aliphatic rings. The van der Waals surface area contributed by atoms with Crippen LogP contribution in [0.4, 0.5) is 0 Å². The molecule has 4 nitrogen and oxygen atoms in total. The molecule has 0 atom stereocenters. The highest BCUT2D eigenvalue weighted by atomic mass is 32.1. The van der Waals surface area contributed by atoms with Gasteiger partial charge in [0.25, 0.3) is 5.91 Å². The van der Waals surface area contributed by atoms with Gasteiger partial charge in [-0.25, -0.2) is 4.79 Å². The fourth-order valence-electron chi connectivity index (χ4n) is 2.62. The molecule has 2 aromatic rings. The molecule has 122 valence electrons. The monoisotopic (exact) mass is 349 g/mol. The van der Waals surface area contributed by atoms with E-state index in [0.29, 0.717) is 11.4 Å². The Labute approximate surface area is 143 Å². The normalized spacial score (nSPS) is 13.9. The van der Waals surface area contributed by atoms with Crippen LogP contribution in [-0.2, 0) is 28.9 Å². The van der Waals surface area contributed by atoms with Crippen molar-refractivity contribution in [1.29, 1.82) is 0 Å². The van der Waals surface area contributed by atoms with Gasteiger partial charge in [0, 0.05) is 9.75 Å². The number of fused-ring (bicyclic) bond motifs is 1. The maximum Gasteiger partial charge on any atom is 0.348 e. The van der Waals surface area contributed by atoms with Crippen molar-refractivity contribution in [2.75, 3.05) is 6.61 Å². The number of carbonyl (C=O) groups excluding carboxylic acids is 2. The molecular formula is C17H19NO3S2. The lowest BCUT2D eigenvalue weighted by atomic mass is 10.1. The van der Waals surface area contributed by atoms with Crippen LogP contribution in [0.3, 0.4) is 0 Å². The number of amides is 1. The van der Waals surface area contributed by atoms with E-state index in [1.165, 1.54) is 41.0 Å². The number of rotatable bonds is 5. The second kappa shape index (κ2) is 7.75. The minimum atomic E-state index is -0.394. The predicted octanol–water partition coefficient (Wildman–Crippen LogP) is 3.55. The SMILES string of the molecule is O=C(COC(=O)c1cc2c(s1)CCCCC2)NCc1cccs1.